The maximum Gasteiger partial charge on any atom is 0.280 e. The van der Waals surface area contributed by atoms with Gasteiger partial charge in [-0.1, -0.05) is 0 Å². The molecule has 0 bridgehead atoms. The van der Waals surface area contributed by atoms with Crippen molar-refractivity contribution in [1.29, 1.82) is 0 Å². The number of carbonyl (C=O) groups excluding carboxylic acids is 1. The van der Waals surface area contributed by atoms with Crippen LogP contribution in [0.15, 0.2) is 15.4 Å². The number of aryl methyl sites for hydroxylation is 1. The molecule has 1 aromatic heterocycles. The van der Waals surface area contributed by atoms with Crippen LogP contribution in [0.25, 0.3) is 0 Å². The van der Waals surface area contributed by atoms with Gasteiger partial charge in [-0.15, -0.1) is 12.6 Å². The van der Waals surface area contributed by atoms with Crippen LogP contribution >= 0.6 is 12.6 Å². The minimum absolute atomic E-state index is 0.214. The fourth-order valence-electron chi connectivity index (χ4n) is 0.674. The molecule has 0 spiro atoms. The molecule has 60 valence electrons. The molecule has 0 aliphatic rings. The molecule has 0 fully saturated rings. The van der Waals surface area contributed by atoms with Crippen molar-refractivity contribution in [3.8, 4) is 0 Å². The Bertz CT molecular complexity index is 301. The predicted octanol–water partition coefficient (Wildman–Crippen LogP) is 0.357. The molecule has 1 N–H and O–H groups in total. The van der Waals surface area contributed by atoms with Gasteiger partial charge in [0.1, 0.15) is 5.76 Å². The Morgan fingerprint density at radius 3 is 2.91 bits per heavy atom. The lowest BCUT2D eigenvalue weighted by atomic mass is 10.3. The van der Waals surface area contributed by atoms with Crippen LogP contribution in [0, 0.1) is 0 Å². The molecule has 0 radical (unpaired) electrons. The van der Waals surface area contributed by atoms with E-state index in [1.165, 1.54) is 6.07 Å². The number of aromatic nitrogens is 1. The summed E-state index contributed by atoms with van der Waals surface area (Å²) in [6.45, 7) is 0. The Hall–Kier alpha value is -0.970. The third-order valence-electron chi connectivity index (χ3n) is 1.16. The number of rotatable bonds is 3. The van der Waals surface area contributed by atoms with E-state index in [1.54, 1.807) is 0 Å². The van der Waals surface area contributed by atoms with Crippen molar-refractivity contribution < 1.29 is 9.32 Å². The first-order valence-electron chi connectivity index (χ1n) is 3.07. The molecule has 0 saturated carbocycles. The van der Waals surface area contributed by atoms with E-state index in [9.17, 15) is 9.59 Å². The summed E-state index contributed by atoms with van der Waals surface area (Å²) < 4.78 is 4.69. The van der Waals surface area contributed by atoms with Crippen LogP contribution in [-0.4, -0.2) is 10.3 Å². The van der Waals surface area contributed by atoms with Crippen LogP contribution in [-0.2, 0) is 11.2 Å². The first-order valence-corrected chi connectivity index (χ1v) is 3.52. The van der Waals surface area contributed by atoms with E-state index in [0.717, 1.165) is 0 Å². The summed E-state index contributed by atoms with van der Waals surface area (Å²) in [4.78, 5) is 20.8. The average molecular weight is 173 g/mol. The Kier molecular flexibility index (Phi) is 2.53. The van der Waals surface area contributed by atoms with E-state index in [4.69, 9.17) is 4.52 Å². The number of thiol groups is 1. The lowest BCUT2D eigenvalue weighted by Gasteiger charge is -1.88. The van der Waals surface area contributed by atoms with Crippen molar-refractivity contribution in [2.75, 3.05) is 0 Å². The van der Waals surface area contributed by atoms with Gasteiger partial charge in [0.2, 0.25) is 0 Å². The fraction of sp³-hybridized carbons (Fsp3) is 0.333. The van der Waals surface area contributed by atoms with Crippen LogP contribution in [0.3, 0.4) is 0 Å². The van der Waals surface area contributed by atoms with Gasteiger partial charge in [-0.2, -0.15) is 5.16 Å². The first-order chi connectivity index (χ1) is 5.18. The van der Waals surface area contributed by atoms with Crippen LogP contribution in [0.1, 0.15) is 12.2 Å². The molecule has 0 saturated heterocycles. The molecule has 5 heteroatoms. The lowest BCUT2D eigenvalue weighted by Crippen LogP contribution is -1.93. The molecule has 0 atom stereocenters. The molecule has 0 unspecified atom stereocenters. The number of nitrogens with one attached hydrogen (secondary N) is 1. The topological polar surface area (TPSA) is 63.1 Å². The van der Waals surface area contributed by atoms with E-state index in [-0.39, 0.29) is 17.1 Å². The van der Waals surface area contributed by atoms with Crippen LogP contribution < -0.4 is 5.56 Å². The smallest absolute Gasteiger partial charge is 0.280 e. The second-order valence-electron chi connectivity index (χ2n) is 2.07. The van der Waals surface area contributed by atoms with E-state index >= 15 is 0 Å². The number of hydrogen-bond acceptors (Lipinski definition) is 3. The second kappa shape index (κ2) is 3.43. The van der Waals surface area contributed by atoms with Crippen molar-refractivity contribution in [1.82, 2.24) is 5.16 Å². The highest BCUT2D eigenvalue weighted by Crippen LogP contribution is 1.99. The SMILES string of the molecule is O=C(S)CCc1cc(=O)[nH]o1. The molecule has 1 heterocycles. The lowest BCUT2D eigenvalue weighted by molar-refractivity contribution is -0.110. The van der Waals surface area contributed by atoms with Gasteiger partial charge >= 0.3 is 0 Å². The molecule has 1 aromatic rings. The zero-order chi connectivity index (χ0) is 8.27. The number of aromatic amines is 1. The Labute approximate surface area is 68.0 Å². The monoisotopic (exact) mass is 173 g/mol. The standard InChI is InChI=1S/C6H7NO3S/c8-5-3-4(10-7-5)1-2-6(9)11/h3H,1-2H2,(H,7,8)(H,9,11). The van der Waals surface area contributed by atoms with Crippen LogP contribution in [0.4, 0.5) is 0 Å². The Morgan fingerprint density at radius 2 is 2.45 bits per heavy atom. The quantitative estimate of drug-likeness (QED) is 0.648. The van der Waals surface area contributed by atoms with E-state index in [2.05, 4.69) is 17.8 Å². The van der Waals surface area contributed by atoms with Gasteiger partial charge in [-0.3, -0.25) is 9.59 Å². The summed E-state index contributed by atoms with van der Waals surface area (Å²) >= 11 is 3.57. The number of hydrogen-bond donors (Lipinski definition) is 2. The fourth-order valence-corrected chi connectivity index (χ4v) is 0.786. The summed E-state index contributed by atoms with van der Waals surface area (Å²) in [6.07, 6.45) is 0.699. The van der Waals surface area contributed by atoms with Crippen molar-refractivity contribution >= 4 is 17.7 Å². The zero-order valence-electron chi connectivity index (χ0n) is 5.66. The van der Waals surface area contributed by atoms with E-state index < -0.39 is 0 Å². The highest BCUT2D eigenvalue weighted by molar-refractivity contribution is 7.96. The maximum atomic E-state index is 10.5. The van der Waals surface area contributed by atoms with Crippen molar-refractivity contribution in [3.05, 3.63) is 22.2 Å². The van der Waals surface area contributed by atoms with Gasteiger partial charge in [-0.25, -0.2) is 0 Å². The van der Waals surface area contributed by atoms with Gasteiger partial charge in [-0.05, 0) is 0 Å². The van der Waals surface area contributed by atoms with Gasteiger partial charge in [0.15, 0.2) is 5.12 Å². The normalized spacial score (nSPS) is 9.91. The van der Waals surface area contributed by atoms with Gasteiger partial charge in [0, 0.05) is 18.9 Å². The third kappa shape index (κ3) is 2.63. The summed E-state index contributed by atoms with van der Waals surface area (Å²) in [5.41, 5.74) is -0.286. The van der Waals surface area contributed by atoms with Crippen LogP contribution in [0.5, 0.6) is 0 Å². The van der Waals surface area contributed by atoms with E-state index in [1.807, 2.05) is 0 Å². The van der Waals surface area contributed by atoms with Crippen molar-refractivity contribution in [2.24, 2.45) is 0 Å². The molecule has 4 nitrogen and oxygen atoms in total. The summed E-state index contributed by atoms with van der Waals surface area (Å²) in [5.74, 6) is 0.484. The third-order valence-corrected chi connectivity index (χ3v) is 1.38. The number of carbonyl (C=O) groups is 1. The summed E-state index contributed by atoms with van der Waals surface area (Å²) in [7, 11) is 0. The van der Waals surface area contributed by atoms with Gasteiger partial charge < -0.3 is 4.52 Å². The Morgan fingerprint density at radius 1 is 1.73 bits per heavy atom. The highest BCUT2D eigenvalue weighted by atomic mass is 32.1. The summed E-state index contributed by atoms with van der Waals surface area (Å²) in [5, 5.41) is 1.91. The number of H-pyrrole nitrogens is 1. The second-order valence-corrected chi connectivity index (χ2v) is 2.57. The van der Waals surface area contributed by atoms with Crippen LogP contribution in [0.2, 0.25) is 0 Å². The zero-order valence-corrected chi connectivity index (χ0v) is 6.56. The highest BCUT2D eigenvalue weighted by Gasteiger charge is 2.01. The largest absolute Gasteiger partial charge is 0.384 e. The molecule has 0 aliphatic carbocycles. The molecule has 1 rings (SSSR count). The molecule has 0 amide bonds. The minimum Gasteiger partial charge on any atom is -0.384 e. The van der Waals surface area contributed by atoms with Gasteiger partial charge in [0.25, 0.3) is 5.56 Å². The maximum absolute atomic E-state index is 10.5. The first kappa shape index (κ1) is 8.13. The predicted molar refractivity (Wildman–Crippen MR) is 41.6 cm³/mol. The van der Waals surface area contributed by atoms with Gasteiger partial charge in [0.05, 0.1) is 0 Å². The average Bonchev–Trinajstić information content (AvgIpc) is 2.31. The van der Waals surface area contributed by atoms with E-state index in [0.29, 0.717) is 12.2 Å². The molecular formula is C6H7NO3S. The van der Waals surface area contributed by atoms with Crippen molar-refractivity contribution in [2.45, 2.75) is 12.8 Å². The Balaban J connectivity index is 2.51. The molecule has 0 aromatic carbocycles. The van der Waals surface area contributed by atoms with Crippen molar-refractivity contribution in [3.63, 3.8) is 0 Å². The minimum atomic E-state index is -0.286. The molecule has 0 aliphatic heterocycles. The molecule has 11 heavy (non-hydrogen) atoms. The summed E-state index contributed by atoms with van der Waals surface area (Å²) in [6, 6.07) is 1.32. The molecular weight excluding hydrogens is 166 g/mol.